The molecule has 27 heavy (non-hydrogen) atoms. The Morgan fingerprint density at radius 1 is 1.30 bits per heavy atom. The van der Waals surface area contributed by atoms with Crippen molar-refractivity contribution >= 4 is 33.3 Å². The summed E-state index contributed by atoms with van der Waals surface area (Å²) < 4.78 is 55.0. The summed E-state index contributed by atoms with van der Waals surface area (Å²) in [4.78, 5) is 12.0. The van der Waals surface area contributed by atoms with Crippen LogP contribution in [0.5, 0.6) is 0 Å². The van der Waals surface area contributed by atoms with Crippen LogP contribution in [0.1, 0.15) is 30.7 Å². The number of hydrogen-bond donors (Lipinski definition) is 1. The van der Waals surface area contributed by atoms with Crippen LogP contribution < -0.4 is 11.1 Å². The monoisotopic (exact) mass is 424 g/mol. The van der Waals surface area contributed by atoms with Gasteiger partial charge in [0.15, 0.2) is 5.58 Å². The fourth-order valence-corrected chi connectivity index (χ4v) is 3.70. The van der Waals surface area contributed by atoms with E-state index >= 15 is 0 Å². The van der Waals surface area contributed by atoms with Crippen molar-refractivity contribution in [3.63, 3.8) is 0 Å². The van der Waals surface area contributed by atoms with E-state index in [0.717, 1.165) is 5.56 Å². The Balaban J connectivity index is 0.00000261. The fourth-order valence-electron chi connectivity index (χ4n) is 3.19. The van der Waals surface area contributed by atoms with E-state index in [2.05, 4.69) is 5.32 Å². The van der Waals surface area contributed by atoms with Crippen LogP contribution in [0.2, 0.25) is 0 Å². The lowest BCUT2D eigenvalue weighted by atomic mass is 9.77. The van der Waals surface area contributed by atoms with E-state index < -0.39 is 21.5 Å². The van der Waals surface area contributed by atoms with Crippen LogP contribution in [0, 0.1) is 0 Å². The van der Waals surface area contributed by atoms with Crippen molar-refractivity contribution in [2.45, 2.75) is 37.6 Å². The number of fused-ring (bicyclic) bond motifs is 1. The molecule has 10 heteroatoms. The van der Waals surface area contributed by atoms with Crippen molar-refractivity contribution in [2.24, 2.45) is 0 Å². The highest BCUT2D eigenvalue weighted by atomic mass is 35.5. The highest BCUT2D eigenvalue weighted by molar-refractivity contribution is 7.90. The molecule has 152 valence electrons. The van der Waals surface area contributed by atoms with Gasteiger partial charge in [-0.05, 0) is 36.6 Å². The summed E-state index contributed by atoms with van der Waals surface area (Å²) >= 11 is 0. The Kier molecular flexibility index (Phi) is 6.70. The maximum absolute atomic E-state index is 13.1. The van der Waals surface area contributed by atoms with Gasteiger partial charge < -0.3 is 9.73 Å². The summed E-state index contributed by atoms with van der Waals surface area (Å²) in [7, 11) is -2.99. The molecule has 0 aliphatic heterocycles. The van der Waals surface area contributed by atoms with Gasteiger partial charge in [0.1, 0.15) is 9.84 Å². The van der Waals surface area contributed by atoms with Gasteiger partial charge in [0.2, 0.25) is 5.92 Å². The summed E-state index contributed by atoms with van der Waals surface area (Å²) in [5.41, 5.74) is 1.85. The summed E-state index contributed by atoms with van der Waals surface area (Å²) in [5.74, 6) is -3.19. The average Bonchev–Trinajstić information content (AvgIpc) is 2.82. The van der Waals surface area contributed by atoms with E-state index in [4.69, 9.17) is 4.42 Å². The van der Waals surface area contributed by atoms with Crippen LogP contribution in [-0.4, -0.2) is 44.0 Å². The molecule has 1 aliphatic carbocycles. The third-order valence-electron chi connectivity index (χ3n) is 4.64. The van der Waals surface area contributed by atoms with Crippen molar-refractivity contribution in [3.05, 3.63) is 34.3 Å². The maximum atomic E-state index is 13.1. The van der Waals surface area contributed by atoms with Crippen molar-refractivity contribution in [2.75, 3.05) is 25.1 Å². The molecule has 1 heterocycles. The number of sulfone groups is 1. The van der Waals surface area contributed by atoms with Crippen LogP contribution in [-0.2, 0) is 16.4 Å². The lowest BCUT2D eigenvalue weighted by Crippen LogP contribution is -2.33. The zero-order valence-corrected chi connectivity index (χ0v) is 16.5. The molecule has 1 saturated carbocycles. The Labute approximate surface area is 162 Å². The third kappa shape index (κ3) is 5.52. The molecule has 0 unspecified atom stereocenters. The summed E-state index contributed by atoms with van der Waals surface area (Å²) in [6.07, 6.45) is 1.47. The molecule has 0 atom stereocenters. The van der Waals surface area contributed by atoms with E-state index in [1.165, 1.54) is 10.8 Å². The number of nitrogens with one attached hydrogen (secondary N) is 1. The molecule has 0 amide bonds. The van der Waals surface area contributed by atoms with Gasteiger partial charge in [0.05, 0.1) is 11.3 Å². The first-order valence-corrected chi connectivity index (χ1v) is 10.6. The molecule has 3 rings (SSSR count). The van der Waals surface area contributed by atoms with Gasteiger partial charge in [-0.25, -0.2) is 22.0 Å². The van der Waals surface area contributed by atoms with Crippen molar-refractivity contribution < 1.29 is 21.6 Å². The van der Waals surface area contributed by atoms with Gasteiger partial charge in [-0.15, -0.1) is 12.4 Å². The second-order valence-electron chi connectivity index (χ2n) is 6.94. The van der Waals surface area contributed by atoms with E-state index in [1.54, 1.807) is 18.2 Å². The molecule has 1 aromatic heterocycles. The van der Waals surface area contributed by atoms with Crippen molar-refractivity contribution in [1.82, 2.24) is 9.88 Å². The number of halogens is 3. The summed E-state index contributed by atoms with van der Waals surface area (Å²) in [5, 5.41) is 3.02. The van der Waals surface area contributed by atoms with Crippen LogP contribution in [0.15, 0.2) is 27.4 Å². The van der Waals surface area contributed by atoms with Gasteiger partial charge in [-0.2, -0.15) is 0 Å². The quantitative estimate of drug-likeness (QED) is 0.658. The van der Waals surface area contributed by atoms with Gasteiger partial charge in [-0.1, -0.05) is 6.07 Å². The van der Waals surface area contributed by atoms with Gasteiger partial charge >= 0.3 is 5.76 Å². The Morgan fingerprint density at radius 3 is 2.63 bits per heavy atom. The summed E-state index contributed by atoms with van der Waals surface area (Å²) in [6.45, 7) is 1.32. The predicted molar refractivity (Wildman–Crippen MR) is 102 cm³/mol. The minimum absolute atomic E-state index is 0. The molecule has 2 aromatic rings. The number of aromatic nitrogens is 1. The van der Waals surface area contributed by atoms with E-state index in [0.29, 0.717) is 37.2 Å². The number of alkyl halides is 2. The zero-order valence-electron chi connectivity index (χ0n) is 14.9. The second-order valence-corrected chi connectivity index (χ2v) is 9.20. The standard InChI is InChI=1S/C17H22F2N2O4S.ClH/c1-26(23,24)8-6-20-5-2-7-21-14-9-12(13-10-17(18,19)11-13)3-4-15(14)25-16(21)22;/h3-4,9,13,20H,2,5-8,10-11H2,1H3;1H. The highest BCUT2D eigenvalue weighted by Crippen LogP contribution is 2.48. The third-order valence-corrected chi connectivity index (χ3v) is 5.58. The molecule has 0 spiro atoms. The first-order chi connectivity index (χ1) is 12.1. The molecule has 1 aromatic carbocycles. The van der Waals surface area contributed by atoms with Crippen LogP contribution >= 0.6 is 12.4 Å². The van der Waals surface area contributed by atoms with Gasteiger partial charge in [-0.3, -0.25) is 4.57 Å². The van der Waals surface area contributed by atoms with E-state index in [9.17, 15) is 22.0 Å². The molecule has 0 bridgehead atoms. The number of hydrogen-bond acceptors (Lipinski definition) is 5. The normalized spacial score (nSPS) is 16.9. The lowest BCUT2D eigenvalue weighted by molar-refractivity contribution is -0.0867. The smallest absolute Gasteiger partial charge is 0.408 e. The first kappa shape index (κ1) is 21.8. The molecular formula is C17H23ClF2N2O4S. The van der Waals surface area contributed by atoms with Crippen LogP contribution in [0.4, 0.5) is 8.78 Å². The average molecular weight is 425 g/mol. The largest absolute Gasteiger partial charge is 0.419 e. The molecule has 0 saturated heterocycles. The molecule has 6 nitrogen and oxygen atoms in total. The number of nitrogens with zero attached hydrogens (tertiary/aromatic N) is 1. The molecule has 1 aliphatic rings. The topological polar surface area (TPSA) is 81.3 Å². The number of rotatable bonds is 8. The second kappa shape index (κ2) is 8.28. The fraction of sp³-hybridized carbons (Fsp3) is 0.588. The Hall–Kier alpha value is -1.45. The molecule has 1 fully saturated rings. The lowest BCUT2D eigenvalue weighted by Gasteiger charge is -2.35. The van der Waals surface area contributed by atoms with Crippen LogP contribution in [0.3, 0.4) is 0 Å². The Bertz CT molecular complexity index is 947. The van der Waals surface area contributed by atoms with E-state index in [1.807, 2.05) is 0 Å². The van der Waals surface area contributed by atoms with Crippen molar-refractivity contribution in [3.8, 4) is 0 Å². The number of benzene rings is 1. The van der Waals surface area contributed by atoms with Crippen molar-refractivity contribution in [1.29, 1.82) is 0 Å². The van der Waals surface area contributed by atoms with Gasteiger partial charge in [0.25, 0.3) is 0 Å². The van der Waals surface area contributed by atoms with E-state index in [-0.39, 0.29) is 36.9 Å². The molecule has 0 radical (unpaired) electrons. The highest BCUT2D eigenvalue weighted by Gasteiger charge is 2.45. The maximum Gasteiger partial charge on any atom is 0.419 e. The van der Waals surface area contributed by atoms with Crippen LogP contribution in [0.25, 0.3) is 11.1 Å². The predicted octanol–water partition coefficient (Wildman–Crippen LogP) is 2.55. The minimum Gasteiger partial charge on any atom is -0.408 e. The minimum atomic E-state index is -2.99. The molecule has 1 N–H and O–H groups in total. The molecular weight excluding hydrogens is 402 g/mol. The summed E-state index contributed by atoms with van der Waals surface area (Å²) in [6, 6.07) is 5.16. The zero-order chi connectivity index (χ0) is 18.9. The number of aryl methyl sites for hydroxylation is 1. The number of oxazole rings is 1. The first-order valence-electron chi connectivity index (χ1n) is 8.54. The Morgan fingerprint density at radius 2 is 2.00 bits per heavy atom. The SMILES string of the molecule is CS(=O)(=O)CCNCCCn1c(=O)oc2ccc(C3CC(F)(F)C3)cc21.Cl. The van der Waals surface area contributed by atoms with Gasteiger partial charge in [0, 0.05) is 32.2 Å².